The number of nitrogens with one attached hydrogen (secondary N) is 1. The normalized spacial score (nSPS) is 13.9. The van der Waals surface area contributed by atoms with Gasteiger partial charge in [-0.15, -0.1) is 0 Å². The first kappa shape index (κ1) is 14.4. The van der Waals surface area contributed by atoms with Crippen molar-refractivity contribution < 1.29 is 14.6 Å². The maximum Gasteiger partial charge on any atom is 0.320 e. The van der Waals surface area contributed by atoms with Crippen LogP contribution < -0.4 is 10.1 Å². The average molecular weight is 253 g/mol. The lowest BCUT2D eigenvalue weighted by molar-refractivity contribution is -0.140. The van der Waals surface area contributed by atoms with E-state index in [4.69, 9.17) is 9.84 Å². The highest BCUT2D eigenvalue weighted by Crippen LogP contribution is 2.09. The van der Waals surface area contributed by atoms with Gasteiger partial charge in [-0.05, 0) is 5.92 Å². The van der Waals surface area contributed by atoms with E-state index >= 15 is 0 Å². The van der Waals surface area contributed by atoms with Gasteiger partial charge in [0, 0.05) is 24.5 Å². The highest BCUT2D eigenvalue weighted by atomic mass is 16.5. The number of aromatic nitrogens is 2. The Morgan fingerprint density at radius 1 is 1.50 bits per heavy atom. The van der Waals surface area contributed by atoms with Gasteiger partial charge in [-0.1, -0.05) is 20.3 Å². The monoisotopic (exact) mass is 253 g/mol. The maximum absolute atomic E-state index is 11.1. The number of nitrogens with zero attached hydrogens (tertiary/aromatic N) is 2. The molecule has 1 aromatic rings. The van der Waals surface area contributed by atoms with Crippen molar-refractivity contribution in [1.29, 1.82) is 0 Å². The van der Waals surface area contributed by atoms with E-state index < -0.39 is 12.0 Å². The van der Waals surface area contributed by atoms with Crippen LogP contribution in [0.2, 0.25) is 0 Å². The SMILES string of the molecule is CCC(C)C(NCc1cnc(OC)nc1)C(=O)O. The van der Waals surface area contributed by atoms with E-state index in [-0.39, 0.29) is 5.92 Å². The predicted molar refractivity (Wildman–Crippen MR) is 66.3 cm³/mol. The second-order valence-corrected chi connectivity index (χ2v) is 4.16. The minimum absolute atomic E-state index is 0.0710. The van der Waals surface area contributed by atoms with Crippen molar-refractivity contribution in [3.63, 3.8) is 0 Å². The fourth-order valence-corrected chi connectivity index (χ4v) is 1.54. The van der Waals surface area contributed by atoms with Crippen LogP contribution in [-0.2, 0) is 11.3 Å². The number of rotatable bonds is 7. The quantitative estimate of drug-likeness (QED) is 0.756. The smallest absolute Gasteiger partial charge is 0.320 e. The molecule has 0 bridgehead atoms. The zero-order valence-corrected chi connectivity index (χ0v) is 10.9. The lowest BCUT2D eigenvalue weighted by Crippen LogP contribution is -2.41. The molecular weight excluding hydrogens is 234 g/mol. The van der Waals surface area contributed by atoms with Gasteiger partial charge >= 0.3 is 12.0 Å². The number of carbonyl (C=O) groups is 1. The largest absolute Gasteiger partial charge is 0.480 e. The molecule has 100 valence electrons. The number of hydrogen-bond donors (Lipinski definition) is 2. The molecule has 1 rings (SSSR count). The van der Waals surface area contributed by atoms with Crippen LogP contribution in [0.4, 0.5) is 0 Å². The Labute approximate surface area is 106 Å². The van der Waals surface area contributed by atoms with E-state index in [9.17, 15) is 4.79 Å². The maximum atomic E-state index is 11.1. The first-order valence-electron chi connectivity index (χ1n) is 5.89. The Morgan fingerprint density at radius 3 is 2.56 bits per heavy atom. The minimum atomic E-state index is -0.834. The second-order valence-electron chi connectivity index (χ2n) is 4.16. The molecule has 0 saturated carbocycles. The molecule has 0 spiro atoms. The average Bonchev–Trinajstić information content (AvgIpc) is 2.39. The Balaban J connectivity index is 2.58. The summed E-state index contributed by atoms with van der Waals surface area (Å²) in [5.74, 6) is -0.763. The third-order valence-corrected chi connectivity index (χ3v) is 2.87. The van der Waals surface area contributed by atoms with E-state index in [0.717, 1.165) is 12.0 Å². The standard InChI is InChI=1S/C12H19N3O3/c1-4-8(2)10(11(16)17)13-5-9-6-14-12(18-3)15-7-9/h6-8,10,13H,4-5H2,1-3H3,(H,16,17). The summed E-state index contributed by atoms with van der Waals surface area (Å²) in [6.45, 7) is 4.31. The Bertz CT molecular complexity index is 381. The van der Waals surface area contributed by atoms with Gasteiger partial charge in [0.25, 0.3) is 0 Å². The van der Waals surface area contributed by atoms with Crippen LogP contribution in [0.1, 0.15) is 25.8 Å². The van der Waals surface area contributed by atoms with Crippen molar-refractivity contribution in [1.82, 2.24) is 15.3 Å². The van der Waals surface area contributed by atoms with Crippen LogP contribution >= 0.6 is 0 Å². The molecule has 2 atom stereocenters. The third-order valence-electron chi connectivity index (χ3n) is 2.87. The van der Waals surface area contributed by atoms with Crippen LogP contribution in [0.15, 0.2) is 12.4 Å². The van der Waals surface area contributed by atoms with E-state index in [1.807, 2.05) is 13.8 Å². The molecule has 0 aliphatic heterocycles. The van der Waals surface area contributed by atoms with E-state index in [1.54, 1.807) is 12.4 Å². The zero-order valence-electron chi connectivity index (χ0n) is 10.9. The fourth-order valence-electron chi connectivity index (χ4n) is 1.54. The predicted octanol–water partition coefficient (Wildman–Crippen LogP) is 1.07. The summed E-state index contributed by atoms with van der Waals surface area (Å²) in [7, 11) is 1.50. The summed E-state index contributed by atoms with van der Waals surface area (Å²) < 4.78 is 4.85. The summed E-state index contributed by atoms with van der Waals surface area (Å²) in [6, 6.07) is -0.257. The van der Waals surface area contributed by atoms with Gasteiger partial charge in [0.2, 0.25) is 0 Å². The Kier molecular flexibility index (Phi) is 5.51. The number of carboxylic acid groups (broad SMARTS) is 1. The van der Waals surface area contributed by atoms with Gasteiger partial charge in [0.1, 0.15) is 6.04 Å². The van der Waals surface area contributed by atoms with Crippen LogP contribution in [-0.4, -0.2) is 34.2 Å². The Hall–Kier alpha value is -1.69. The van der Waals surface area contributed by atoms with Gasteiger partial charge in [-0.3, -0.25) is 10.1 Å². The molecule has 0 aromatic carbocycles. The van der Waals surface area contributed by atoms with Crippen molar-refractivity contribution >= 4 is 5.97 Å². The molecule has 0 aliphatic carbocycles. The Morgan fingerprint density at radius 2 is 2.11 bits per heavy atom. The first-order valence-corrected chi connectivity index (χ1v) is 5.89. The topological polar surface area (TPSA) is 84.3 Å². The highest BCUT2D eigenvalue weighted by molar-refractivity contribution is 5.73. The molecule has 6 heteroatoms. The molecule has 0 amide bonds. The summed E-state index contributed by atoms with van der Waals surface area (Å²) in [4.78, 5) is 19.0. The molecule has 1 aromatic heterocycles. The van der Waals surface area contributed by atoms with Gasteiger partial charge < -0.3 is 9.84 Å². The molecule has 0 fully saturated rings. The molecular formula is C12H19N3O3. The number of methoxy groups -OCH3 is 1. The molecule has 2 N–H and O–H groups in total. The van der Waals surface area contributed by atoms with Gasteiger partial charge in [-0.25, -0.2) is 9.97 Å². The van der Waals surface area contributed by atoms with Crippen LogP contribution in [0.25, 0.3) is 0 Å². The lowest BCUT2D eigenvalue weighted by atomic mass is 9.99. The van der Waals surface area contributed by atoms with E-state index in [2.05, 4.69) is 15.3 Å². The van der Waals surface area contributed by atoms with Crippen molar-refractivity contribution in [2.24, 2.45) is 5.92 Å². The second kappa shape index (κ2) is 6.90. The lowest BCUT2D eigenvalue weighted by Gasteiger charge is -2.20. The van der Waals surface area contributed by atoms with Crippen molar-refractivity contribution in [2.45, 2.75) is 32.9 Å². The van der Waals surface area contributed by atoms with E-state index in [0.29, 0.717) is 12.6 Å². The van der Waals surface area contributed by atoms with Crippen LogP contribution in [0.5, 0.6) is 6.01 Å². The molecule has 18 heavy (non-hydrogen) atoms. The van der Waals surface area contributed by atoms with E-state index in [1.165, 1.54) is 7.11 Å². The molecule has 0 radical (unpaired) electrons. The summed E-state index contributed by atoms with van der Waals surface area (Å²) in [6.07, 6.45) is 4.05. The van der Waals surface area contributed by atoms with Gasteiger partial charge in [0.15, 0.2) is 0 Å². The number of carboxylic acids is 1. The van der Waals surface area contributed by atoms with Gasteiger partial charge in [0.05, 0.1) is 7.11 Å². The highest BCUT2D eigenvalue weighted by Gasteiger charge is 2.22. The van der Waals surface area contributed by atoms with Crippen molar-refractivity contribution in [3.8, 4) is 6.01 Å². The molecule has 0 aliphatic rings. The zero-order chi connectivity index (χ0) is 13.5. The molecule has 2 unspecified atom stereocenters. The molecule has 0 saturated heterocycles. The molecule has 6 nitrogen and oxygen atoms in total. The summed E-state index contributed by atoms with van der Waals surface area (Å²) in [5.41, 5.74) is 0.824. The number of ether oxygens (including phenoxy) is 1. The minimum Gasteiger partial charge on any atom is -0.480 e. The fraction of sp³-hybridized carbons (Fsp3) is 0.583. The van der Waals surface area contributed by atoms with Crippen LogP contribution in [0.3, 0.4) is 0 Å². The first-order chi connectivity index (χ1) is 8.58. The summed E-state index contributed by atoms with van der Waals surface area (Å²) >= 11 is 0. The third kappa shape index (κ3) is 3.96. The summed E-state index contributed by atoms with van der Waals surface area (Å²) in [5, 5.41) is 12.1. The molecule has 1 heterocycles. The van der Waals surface area contributed by atoms with Crippen molar-refractivity contribution in [3.05, 3.63) is 18.0 Å². The number of hydrogen-bond acceptors (Lipinski definition) is 5. The van der Waals surface area contributed by atoms with Gasteiger partial charge in [-0.2, -0.15) is 0 Å². The number of aliphatic carboxylic acids is 1. The van der Waals surface area contributed by atoms with Crippen molar-refractivity contribution in [2.75, 3.05) is 7.11 Å². The van der Waals surface area contributed by atoms with Crippen LogP contribution in [0, 0.1) is 5.92 Å².